The Kier molecular flexibility index (Phi) is 7.56. The van der Waals surface area contributed by atoms with Gasteiger partial charge in [0, 0.05) is 11.7 Å². The van der Waals surface area contributed by atoms with Crippen molar-refractivity contribution in [2.24, 2.45) is 5.92 Å². The molecule has 7 nitrogen and oxygen atoms in total. The number of carbonyl (C=O) groups excluding carboxylic acids is 1. The molecule has 1 rings (SSSR count). The molecule has 4 N–H and O–H groups in total. The molecule has 0 bridgehead atoms. The lowest BCUT2D eigenvalue weighted by Crippen LogP contribution is -2.20. The second-order valence-corrected chi connectivity index (χ2v) is 5.66. The predicted molar refractivity (Wildman–Crippen MR) is 84.7 cm³/mol. The van der Waals surface area contributed by atoms with Gasteiger partial charge in [-0.1, -0.05) is 18.6 Å². The summed E-state index contributed by atoms with van der Waals surface area (Å²) in [5.74, 6) is -3.44. The molecule has 0 spiro atoms. The highest BCUT2D eigenvalue weighted by atomic mass is 32.1. The Hall–Kier alpha value is -2.06. The van der Waals surface area contributed by atoms with Gasteiger partial charge in [-0.15, -0.1) is 0 Å². The fraction of sp³-hybridized carbons (Fsp3) is 0.400. The lowest BCUT2D eigenvalue weighted by atomic mass is 9.92. The van der Waals surface area contributed by atoms with Crippen LogP contribution < -0.4 is 5.48 Å². The predicted octanol–water partition coefficient (Wildman–Crippen LogP) is 2.12. The average Bonchev–Trinajstić information content (AvgIpc) is 2.53. The molecule has 23 heavy (non-hydrogen) atoms. The minimum absolute atomic E-state index is 0.0744. The Labute approximate surface area is 138 Å². The number of unbranched alkanes of at least 4 members (excludes halogenated alkanes) is 1. The van der Waals surface area contributed by atoms with E-state index in [1.807, 2.05) is 0 Å². The number of benzene rings is 1. The molecule has 1 aromatic carbocycles. The number of hydrogen-bond donors (Lipinski definition) is 5. The van der Waals surface area contributed by atoms with Crippen molar-refractivity contribution in [2.75, 3.05) is 0 Å². The van der Waals surface area contributed by atoms with Crippen LogP contribution in [-0.2, 0) is 9.59 Å². The standard InChI is InChI=1S/C15H19NO6S/c17-12(16-22)7-2-1-6-11(15(20)21)13(23)9-4-3-5-10(8-9)14(18)19/h3-5,8,11,13,22-23H,1-2,6-7H2,(H,16,17)(H,18,19)(H,20,21). The van der Waals surface area contributed by atoms with E-state index in [4.69, 9.17) is 10.3 Å². The Bertz CT molecular complexity index is 577. The van der Waals surface area contributed by atoms with Gasteiger partial charge in [-0.05, 0) is 30.5 Å². The van der Waals surface area contributed by atoms with Crippen molar-refractivity contribution in [3.8, 4) is 0 Å². The summed E-state index contributed by atoms with van der Waals surface area (Å²) in [5, 5.41) is 26.1. The third-order valence-corrected chi connectivity index (χ3v) is 4.13. The van der Waals surface area contributed by atoms with Crippen LogP contribution in [-0.4, -0.2) is 33.3 Å². The van der Waals surface area contributed by atoms with Crippen molar-refractivity contribution in [1.29, 1.82) is 0 Å². The second-order valence-electron chi connectivity index (χ2n) is 5.10. The first kappa shape index (κ1) is 19.0. The van der Waals surface area contributed by atoms with Gasteiger partial charge in [0.05, 0.1) is 11.5 Å². The minimum Gasteiger partial charge on any atom is -0.481 e. The van der Waals surface area contributed by atoms with Crippen LogP contribution in [0.2, 0.25) is 0 Å². The zero-order valence-corrected chi connectivity index (χ0v) is 13.2. The Morgan fingerprint density at radius 2 is 1.87 bits per heavy atom. The van der Waals surface area contributed by atoms with E-state index < -0.39 is 29.0 Å². The van der Waals surface area contributed by atoms with Gasteiger partial charge < -0.3 is 10.2 Å². The van der Waals surface area contributed by atoms with Crippen molar-refractivity contribution in [2.45, 2.75) is 30.9 Å². The number of amides is 1. The topological polar surface area (TPSA) is 124 Å². The molecule has 0 aliphatic rings. The fourth-order valence-corrected chi connectivity index (χ4v) is 2.65. The van der Waals surface area contributed by atoms with E-state index in [1.54, 1.807) is 12.1 Å². The third-order valence-electron chi connectivity index (χ3n) is 3.47. The smallest absolute Gasteiger partial charge is 0.335 e. The first-order valence-electron chi connectivity index (χ1n) is 7.04. The number of carboxylic acids is 2. The normalized spacial score (nSPS) is 13.1. The highest BCUT2D eigenvalue weighted by Gasteiger charge is 2.26. The van der Waals surface area contributed by atoms with E-state index in [0.29, 0.717) is 24.8 Å². The van der Waals surface area contributed by atoms with Gasteiger partial charge in [0.1, 0.15) is 0 Å². The highest BCUT2D eigenvalue weighted by molar-refractivity contribution is 7.80. The van der Waals surface area contributed by atoms with Crippen molar-refractivity contribution in [3.05, 3.63) is 35.4 Å². The first-order valence-corrected chi connectivity index (χ1v) is 7.55. The third kappa shape index (κ3) is 5.91. The van der Waals surface area contributed by atoms with Gasteiger partial charge in [-0.3, -0.25) is 14.8 Å². The number of aliphatic carboxylic acids is 1. The van der Waals surface area contributed by atoms with E-state index >= 15 is 0 Å². The van der Waals surface area contributed by atoms with Crippen molar-refractivity contribution in [3.63, 3.8) is 0 Å². The Morgan fingerprint density at radius 1 is 1.17 bits per heavy atom. The molecule has 0 aliphatic carbocycles. The summed E-state index contributed by atoms with van der Waals surface area (Å²) in [7, 11) is 0. The van der Waals surface area contributed by atoms with E-state index in [1.165, 1.54) is 17.6 Å². The van der Waals surface area contributed by atoms with Crippen LogP contribution in [0.4, 0.5) is 0 Å². The molecular formula is C15H19NO6S. The zero-order valence-electron chi connectivity index (χ0n) is 12.3. The van der Waals surface area contributed by atoms with Gasteiger partial charge in [0.2, 0.25) is 5.91 Å². The lowest BCUT2D eigenvalue weighted by molar-refractivity contribution is -0.142. The maximum Gasteiger partial charge on any atom is 0.335 e. The summed E-state index contributed by atoms with van der Waals surface area (Å²) >= 11 is 4.34. The quantitative estimate of drug-likeness (QED) is 0.203. The van der Waals surface area contributed by atoms with Gasteiger partial charge in [-0.25, -0.2) is 10.3 Å². The number of hydrogen-bond acceptors (Lipinski definition) is 5. The molecule has 0 aliphatic heterocycles. The number of hydroxylamine groups is 1. The average molecular weight is 341 g/mol. The van der Waals surface area contributed by atoms with Crippen molar-refractivity contribution < 1.29 is 29.8 Å². The molecule has 0 radical (unpaired) electrons. The van der Waals surface area contributed by atoms with Gasteiger partial charge in [-0.2, -0.15) is 12.6 Å². The molecule has 2 atom stereocenters. The molecule has 8 heteroatoms. The van der Waals surface area contributed by atoms with Crippen molar-refractivity contribution in [1.82, 2.24) is 5.48 Å². The van der Waals surface area contributed by atoms with Gasteiger partial charge in [0.25, 0.3) is 0 Å². The first-order chi connectivity index (χ1) is 10.9. The molecule has 0 saturated carbocycles. The van der Waals surface area contributed by atoms with Crippen LogP contribution in [0.5, 0.6) is 0 Å². The van der Waals surface area contributed by atoms with Crippen LogP contribution >= 0.6 is 12.6 Å². The molecule has 0 heterocycles. The maximum atomic E-state index is 11.4. The number of carbonyl (C=O) groups is 3. The van der Waals surface area contributed by atoms with E-state index in [0.717, 1.165) is 0 Å². The zero-order chi connectivity index (χ0) is 17.4. The molecule has 0 aromatic heterocycles. The SMILES string of the molecule is O=C(CCCCC(C(=O)O)C(S)c1cccc(C(=O)O)c1)NO. The van der Waals surface area contributed by atoms with Crippen LogP contribution in [0.3, 0.4) is 0 Å². The summed E-state index contributed by atoms with van der Waals surface area (Å²) in [5.41, 5.74) is 2.11. The molecule has 1 aromatic rings. The van der Waals surface area contributed by atoms with E-state index in [-0.39, 0.29) is 12.0 Å². The Morgan fingerprint density at radius 3 is 2.43 bits per heavy atom. The number of carboxylic acid groups (broad SMARTS) is 2. The van der Waals surface area contributed by atoms with E-state index in [9.17, 15) is 19.5 Å². The molecule has 0 fully saturated rings. The van der Waals surface area contributed by atoms with Crippen LogP contribution in [0.1, 0.15) is 46.9 Å². The van der Waals surface area contributed by atoms with Gasteiger partial charge >= 0.3 is 11.9 Å². The minimum atomic E-state index is -1.09. The van der Waals surface area contributed by atoms with E-state index in [2.05, 4.69) is 12.6 Å². The second kappa shape index (κ2) is 9.16. The summed E-state index contributed by atoms with van der Waals surface area (Å²) in [6.45, 7) is 0. The Balaban J connectivity index is 2.73. The summed E-state index contributed by atoms with van der Waals surface area (Å²) in [6.07, 6.45) is 1.31. The lowest BCUT2D eigenvalue weighted by Gasteiger charge is -2.20. The number of thiol groups is 1. The number of aromatic carboxylic acids is 1. The summed E-state index contributed by atoms with van der Waals surface area (Å²) in [6, 6.07) is 6.02. The molecular weight excluding hydrogens is 322 g/mol. The monoisotopic (exact) mass is 341 g/mol. The fourth-order valence-electron chi connectivity index (χ4n) is 2.21. The molecule has 0 saturated heterocycles. The summed E-state index contributed by atoms with van der Waals surface area (Å²) < 4.78 is 0. The van der Waals surface area contributed by atoms with Gasteiger partial charge in [0.15, 0.2) is 0 Å². The molecule has 1 amide bonds. The maximum absolute atomic E-state index is 11.4. The van der Waals surface area contributed by atoms with Crippen LogP contribution in [0, 0.1) is 5.92 Å². The highest BCUT2D eigenvalue weighted by Crippen LogP contribution is 2.33. The van der Waals surface area contributed by atoms with Crippen molar-refractivity contribution >= 4 is 30.5 Å². The number of nitrogens with one attached hydrogen (secondary N) is 1. The molecule has 126 valence electrons. The van der Waals surface area contributed by atoms with Crippen LogP contribution in [0.15, 0.2) is 24.3 Å². The number of rotatable bonds is 9. The summed E-state index contributed by atoms with van der Waals surface area (Å²) in [4.78, 5) is 33.3. The largest absolute Gasteiger partial charge is 0.481 e. The van der Waals surface area contributed by atoms with Crippen LogP contribution in [0.25, 0.3) is 0 Å². The molecule has 2 unspecified atom stereocenters.